The van der Waals surface area contributed by atoms with Gasteiger partial charge in [-0.25, -0.2) is 4.79 Å². The number of carbonyl (C=O) groups is 4. The number of amides is 3. The molecule has 274 valence electrons. The zero-order chi connectivity index (χ0) is 38.8. The van der Waals surface area contributed by atoms with Crippen LogP contribution < -0.4 is 56.4 Å². The number of hydrogen-bond donors (Lipinski definition) is 7. The number of allylic oxidation sites excluding steroid dienone is 2. The van der Waals surface area contributed by atoms with E-state index in [9.17, 15) is 45.1 Å². The molecule has 7 N–H and O–H groups in total. The minimum absolute atomic E-state index is 0. The van der Waals surface area contributed by atoms with Gasteiger partial charge in [0.1, 0.15) is 9.81 Å². The van der Waals surface area contributed by atoms with Gasteiger partial charge in [0.15, 0.2) is 11.4 Å². The first kappa shape index (κ1) is 40.4. The number of Topliss-reactive ketones (excluding diaryl/α,β-unsaturated/α-hetero) is 2. The second kappa shape index (κ2) is 16.3. The number of ketones is 2. The summed E-state index contributed by atoms with van der Waals surface area (Å²) in [5.74, 6) is -1.93. The average molecular weight is 793 g/mol. The molecule has 0 unspecified atom stereocenters. The fourth-order valence-corrected chi connectivity index (χ4v) is 6.63. The Kier molecular flexibility index (Phi) is 12.0. The van der Waals surface area contributed by atoms with Crippen LogP contribution in [0.25, 0.3) is 12.2 Å². The summed E-state index contributed by atoms with van der Waals surface area (Å²) in [5, 5.41) is 15.5. The third-order valence-electron chi connectivity index (χ3n) is 7.71. The maximum absolute atomic E-state index is 13.4. The Morgan fingerprint density at radius 3 is 1.38 bits per heavy atom. The molecule has 2 aliphatic rings. The molecule has 0 fully saturated rings. The third-order valence-corrected chi connectivity index (χ3v) is 9.44. The molecule has 0 saturated heterocycles. The second-order valence-electron chi connectivity index (χ2n) is 11.6. The number of hydrogen-bond acceptors (Lipinski definition) is 12. The Bertz CT molecular complexity index is 2610. The van der Waals surface area contributed by atoms with Crippen LogP contribution >= 0.6 is 0 Å². The molecule has 55 heavy (non-hydrogen) atoms. The second-order valence-corrected chi connectivity index (χ2v) is 14.4. The molecule has 17 nitrogen and oxygen atoms in total. The van der Waals surface area contributed by atoms with Gasteiger partial charge in [0.25, 0.3) is 20.2 Å². The van der Waals surface area contributed by atoms with E-state index >= 15 is 0 Å². The van der Waals surface area contributed by atoms with Gasteiger partial charge < -0.3 is 16.0 Å². The number of nitrogens with zero attached hydrogens (tertiary/aromatic N) is 2. The number of nitrogens with one attached hydrogen (secondary N) is 5. The van der Waals surface area contributed by atoms with E-state index in [0.29, 0.717) is 17.1 Å². The molecular formula is C35H27N7NaO10S2+. The predicted octanol–water partition coefficient (Wildman–Crippen LogP) is 2.08. The zero-order valence-electron chi connectivity index (χ0n) is 28.7. The molecule has 0 atom stereocenters. The van der Waals surface area contributed by atoms with E-state index in [1.807, 2.05) is 0 Å². The van der Waals surface area contributed by atoms with Crippen molar-refractivity contribution in [3.8, 4) is 0 Å². The van der Waals surface area contributed by atoms with Gasteiger partial charge in [0.05, 0.1) is 11.4 Å². The number of hydrazone groups is 2. The van der Waals surface area contributed by atoms with Gasteiger partial charge >= 0.3 is 35.6 Å². The zero-order valence-corrected chi connectivity index (χ0v) is 32.3. The van der Waals surface area contributed by atoms with Crippen LogP contribution in [0.3, 0.4) is 0 Å². The number of carbonyl (C=O) groups excluding carboxylic acids is 4. The molecule has 0 radical (unpaired) electrons. The van der Waals surface area contributed by atoms with Gasteiger partial charge in [-0.1, -0.05) is 18.2 Å². The van der Waals surface area contributed by atoms with Crippen LogP contribution in [0.15, 0.2) is 111 Å². The molecule has 4 aromatic carbocycles. The Morgan fingerprint density at radius 2 is 0.964 bits per heavy atom. The smallest absolute Gasteiger partial charge is 0.326 e. The Labute approximate surface area is 335 Å². The first-order valence-corrected chi connectivity index (χ1v) is 18.4. The summed E-state index contributed by atoms with van der Waals surface area (Å²) in [6, 6.07) is 21.7. The van der Waals surface area contributed by atoms with Crippen molar-refractivity contribution in [2.24, 2.45) is 10.2 Å². The molecule has 2 aliphatic carbocycles. The monoisotopic (exact) mass is 792 g/mol. The van der Waals surface area contributed by atoms with Crippen LogP contribution in [-0.4, -0.2) is 60.9 Å². The van der Waals surface area contributed by atoms with Gasteiger partial charge in [-0.15, -0.1) is 0 Å². The van der Waals surface area contributed by atoms with Crippen molar-refractivity contribution in [1.29, 1.82) is 0 Å². The fraction of sp³-hybridized carbons (Fsp3) is 0.0286. The molecule has 0 saturated carbocycles. The number of rotatable bonds is 9. The Balaban J connectivity index is 0.00000580. The van der Waals surface area contributed by atoms with Crippen molar-refractivity contribution >= 4 is 95.8 Å². The minimum Gasteiger partial charge on any atom is -0.326 e. The average Bonchev–Trinajstić information content (AvgIpc) is 3.10. The first-order chi connectivity index (χ1) is 25.6. The van der Waals surface area contributed by atoms with Crippen LogP contribution in [0.2, 0.25) is 0 Å². The molecule has 0 bridgehead atoms. The molecular weight excluding hydrogens is 766 g/mol. The topological polar surface area (TPSA) is 262 Å². The van der Waals surface area contributed by atoms with Crippen molar-refractivity contribution in [1.82, 2.24) is 0 Å². The maximum atomic E-state index is 13.4. The van der Waals surface area contributed by atoms with E-state index in [4.69, 9.17) is 0 Å². The van der Waals surface area contributed by atoms with Gasteiger partial charge in [-0.3, -0.25) is 34.3 Å². The normalized spacial score (nSPS) is 15.1. The largest absolute Gasteiger partial charge is 1.00 e. The maximum Gasteiger partial charge on any atom is 1.00 e. The SMILES string of the molecule is CC(=O)Nc1ccc(N/N=C2/C(=O)c3ccc(NC(=O)Nc4ccc5c(c4)C=C(S(=O)(=O)O)/C(=N/Nc4ccccc4)C5=O)cc3C=C2S(=O)(=O)O)cc1.[Na+]. The molecule has 6 rings (SSSR count). The Hall–Kier alpha value is -5.80. The van der Waals surface area contributed by atoms with Crippen molar-refractivity contribution < 1.29 is 74.7 Å². The predicted molar refractivity (Wildman–Crippen MR) is 203 cm³/mol. The van der Waals surface area contributed by atoms with E-state index in [-0.39, 0.29) is 69.1 Å². The molecule has 0 spiro atoms. The number of fused-ring (bicyclic) bond motifs is 2. The van der Waals surface area contributed by atoms with Crippen molar-refractivity contribution in [2.45, 2.75) is 6.92 Å². The fourth-order valence-electron chi connectivity index (χ4n) is 5.31. The molecule has 4 aromatic rings. The van der Waals surface area contributed by atoms with Crippen LogP contribution in [0.5, 0.6) is 0 Å². The van der Waals surface area contributed by atoms with E-state index < -0.39 is 59.1 Å². The number of para-hydroxylation sites is 1. The van der Waals surface area contributed by atoms with Gasteiger partial charge in [0, 0.05) is 35.1 Å². The van der Waals surface area contributed by atoms with Gasteiger partial charge in [0.2, 0.25) is 17.5 Å². The van der Waals surface area contributed by atoms with Crippen LogP contribution in [-0.2, 0) is 25.0 Å². The van der Waals surface area contributed by atoms with Gasteiger partial charge in [-0.05, 0) is 96.1 Å². The summed E-state index contributed by atoms with van der Waals surface area (Å²) >= 11 is 0. The number of anilines is 5. The van der Waals surface area contributed by atoms with E-state index in [0.717, 1.165) is 12.2 Å². The number of urea groups is 1. The quantitative estimate of drug-likeness (QED) is 0.0730. The summed E-state index contributed by atoms with van der Waals surface area (Å²) in [7, 11) is -9.88. The standard InChI is InChI=1S/C35H27N7O10S2.Na/c1-19(43)36-22-7-9-24(10-8-22)40-42-32-30(54(50,51)52)18-21-16-26(12-14-28(21)34(32)45)38-35(46)37-25-11-13-27-20(15-25)17-29(53(47,48)49)31(33(27)44)41-39-23-5-3-2-4-6-23;/h2-18,39-40H,1H3,(H,36,43)(H2,37,38,46)(H,47,48,49)(H,50,51,52);/q;+1/b41-31-,42-32+;. The van der Waals surface area contributed by atoms with Crippen molar-refractivity contribution in [2.75, 3.05) is 26.8 Å². The summed E-state index contributed by atoms with van der Waals surface area (Å²) in [4.78, 5) is 49.3. The van der Waals surface area contributed by atoms with Crippen LogP contribution in [0, 0.1) is 0 Å². The summed E-state index contributed by atoms with van der Waals surface area (Å²) in [6.45, 7) is 1.34. The van der Waals surface area contributed by atoms with Gasteiger partial charge in [-0.2, -0.15) is 27.0 Å². The molecule has 3 amide bonds. The molecule has 0 aliphatic heterocycles. The summed E-state index contributed by atoms with van der Waals surface area (Å²) in [5.41, 5.74) is 5.68. The summed E-state index contributed by atoms with van der Waals surface area (Å²) < 4.78 is 68.9. The van der Waals surface area contributed by atoms with E-state index in [1.54, 1.807) is 42.5 Å². The van der Waals surface area contributed by atoms with Crippen molar-refractivity contribution in [3.63, 3.8) is 0 Å². The van der Waals surface area contributed by atoms with Crippen molar-refractivity contribution in [3.05, 3.63) is 123 Å². The minimum atomic E-state index is -4.97. The van der Waals surface area contributed by atoms with E-state index in [1.165, 1.54) is 55.5 Å². The summed E-state index contributed by atoms with van der Waals surface area (Å²) in [6.07, 6.45) is 2.05. The molecule has 20 heteroatoms. The molecule has 0 aromatic heterocycles. The third kappa shape index (κ3) is 9.48. The number of benzene rings is 4. The van der Waals surface area contributed by atoms with Crippen LogP contribution in [0.4, 0.5) is 33.2 Å². The van der Waals surface area contributed by atoms with Crippen LogP contribution in [0.1, 0.15) is 38.8 Å². The first-order valence-electron chi connectivity index (χ1n) is 15.5. The Morgan fingerprint density at radius 1 is 0.564 bits per heavy atom. The molecule has 0 heterocycles. The van der Waals surface area contributed by atoms with E-state index in [2.05, 4.69) is 37.0 Å².